The highest BCUT2D eigenvalue weighted by atomic mass is 16.2. The van der Waals surface area contributed by atoms with E-state index in [0.29, 0.717) is 6.42 Å². The number of nitrogens with zero attached hydrogens (tertiary/aromatic N) is 5. The quantitative estimate of drug-likeness (QED) is 0.889. The summed E-state index contributed by atoms with van der Waals surface area (Å²) < 4.78 is 3.76. The van der Waals surface area contributed by atoms with Crippen molar-refractivity contribution in [2.75, 3.05) is 7.05 Å². The first-order valence-corrected chi connectivity index (χ1v) is 7.95. The maximum atomic E-state index is 12.2. The van der Waals surface area contributed by atoms with E-state index < -0.39 is 0 Å². The molecular weight excluding hydrogens is 292 g/mol. The maximum Gasteiger partial charge on any atom is 0.224 e. The highest BCUT2D eigenvalue weighted by Crippen LogP contribution is 2.33. The van der Waals surface area contributed by atoms with Gasteiger partial charge < -0.3 is 10.2 Å². The van der Waals surface area contributed by atoms with Gasteiger partial charge in [0.2, 0.25) is 5.91 Å². The number of nitrogens with one attached hydrogen (secondary N) is 1. The van der Waals surface area contributed by atoms with Gasteiger partial charge in [-0.25, -0.2) is 0 Å². The van der Waals surface area contributed by atoms with Gasteiger partial charge in [-0.05, 0) is 19.9 Å². The van der Waals surface area contributed by atoms with Crippen LogP contribution in [0.3, 0.4) is 0 Å². The number of amides is 1. The van der Waals surface area contributed by atoms with Crippen LogP contribution in [0, 0.1) is 6.92 Å². The summed E-state index contributed by atoms with van der Waals surface area (Å²) in [4.78, 5) is 14.1. The summed E-state index contributed by atoms with van der Waals surface area (Å²) in [6.45, 7) is 4.95. The fourth-order valence-electron chi connectivity index (χ4n) is 3.36. The molecule has 7 nitrogen and oxygen atoms in total. The summed E-state index contributed by atoms with van der Waals surface area (Å²) in [7, 11) is 3.80. The zero-order valence-corrected chi connectivity index (χ0v) is 14.1. The fourth-order valence-corrected chi connectivity index (χ4v) is 3.36. The first kappa shape index (κ1) is 15.7. The number of likely N-dealkylation sites (N-methyl/N-ethyl adjacent to an activating group) is 1. The molecule has 0 aliphatic carbocycles. The molecule has 124 valence electrons. The Bertz CT molecular complexity index is 677. The van der Waals surface area contributed by atoms with Crippen molar-refractivity contribution in [3.8, 4) is 0 Å². The Morgan fingerprint density at radius 1 is 1.39 bits per heavy atom. The largest absolute Gasteiger partial charge is 0.337 e. The fraction of sp³-hybridized carbons (Fsp3) is 0.562. The summed E-state index contributed by atoms with van der Waals surface area (Å²) in [5, 5.41) is 12.2. The average Bonchev–Trinajstić information content (AvgIpc) is 3.17. The van der Waals surface area contributed by atoms with Crippen LogP contribution in [-0.4, -0.2) is 49.5 Å². The predicted octanol–water partition coefficient (Wildman–Crippen LogP) is 0.875. The average molecular weight is 316 g/mol. The molecule has 7 heteroatoms. The summed E-state index contributed by atoms with van der Waals surface area (Å²) in [5.41, 5.74) is 2.22. The molecule has 0 bridgehead atoms. The summed E-state index contributed by atoms with van der Waals surface area (Å²) in [6.07, 6.45) is 6.12. The molecule has 1 fully saturated rings. The molecule has 1 amide bonds. The zero-order chi connectivity index (χ0) is 16.6. The third kappa shape index (κ3) is 3.01. The summed E-state index contributed by atoms with van der Waals surface area (Å²) in [5.74, 6) is 0.169. The van der Waals surface area contributed by atoms with Crippen molar-refractivity contribution in [1.82, 2.24) is 29.8 Å². The molecule has 3 atom stereocenters. The molecular formula is C16H24N6O. The first-order chi connectivity index (χ1) is 11.0. The Hall–Kier alpha value is -2.15. The molecule has 3 heterocycles. The van der Waals surface area contributed by atoms with Gasteiger partial charge in [-0.3, -0.25) is 14.2 Å². The van der Waals surface area contributed by atoms with Crippen LogP contribution in [0.4, 0.5) is 0 Å². The van der Waals surface area contributed by atoms with Crippen LogP contribution in [0.5, 0.6) is 0 Å². The van der Waals surface area contributed by atoms with E-state index in [4.69, 9.17) is 0 Å². The van der Waals surface area contributed by atoms with Gasteiger partial charge in [0.25, 0.3) is 0 Å². The van der Waals surface area contributed by atoms with Crippen LogP contribution in [0.1, 0.15) is 30.6 Å². The smallest absolute Gasteiger partial charge is 0.224 e. The highest BCUT2D eigenvalue weighted by molar-refractivity contribution is 5.80. The molecule has 0 unspecified atom stereocenters. The van der Waals surface area contributed by atoms with Crippen molar-refractivity contribution >= 4 is 5.91 Å². The molecule has 0 radical (unpaired) electrons. The van der Waals surface area contributed by atoms with Crippen molar-refractivity contribution in [3.05, 3.63) is 35.9 Å². The molecule has 1 aliphatic rings. The van der Waals surface area contributed by atoms with E-state index in [1.54, 1.807) is 6.20 Å². The molecule has 1 saturated heterocycles. The maximum absolute atomic E-state index is 12.2. The number of carbonyl (C=O) groups is 1. The van der Waals surface area contributed by atoms with Crippen molar-refractivity contribution < 1.29 is 4.79 Å². The summed E-state index contributed by atoms with van der Waals surface area (Å²) >= 11 is 0. The molecule has 1 N–H and O–H groups in total. The minimum Gasteiger partial charge on any atom is -0.337 e. The number of hydrogen-bond donors (Lipinski definition) is 1. The van der Waals surface area contributed by atoms with Gasteiger partial charge in [0.05, 0.1) is 18.8 Å². The SMILES string of the molecule is Cc1c([C@H]2[C@H](N[C@H](C)Cn3cccn3)CC(=O)N2C)cnn1C. The van der Waals surface area contributed by atoms with Gasteiger partial charge in [-0.15, -0.1) is 0 Å². The highest BCUT2D eigenvalue weighted by Gasteiger charge is 2.40. The van der Waals surface area contributed by atoms with Crippen LogP contribution >= 0.6 is 0 Å². The lowest BCUT2D eigenvalue weighted by molar-refractivity contribution is -0.127. The lowest BCUT2D eigenvalue weighted by atomic mass is 10.00. The Morgan fingerprint density at radius 3 is 2.78 bits per heavy atom. The van der Waals surface area contributed by atoms with Crippen molar-refractivity contribution in [1.29, 1.82) is 0 Å². The second-order valence-electron chi connectivity index (χ2n) is 6.36. The molecule has 1 aliphatic heterocycles. The van der Waals surface area contributed by atoms with Gasteiger partial charge in [0.1, 0.15) is 0 Å². The van der Waals surface area contributed by atoms with Crippen molar-refractivity contribution in [3.63, 3.8) is 0 Å². The predicted molar refractivity (Wildman–Crippen MR) is 86.7 cm³/mol. The van der Waals surface area contributed by atoms with Crippen molar-refractivity contribution in [2.45, 2.75) is 44.9 Å². The van der Waals surface area contributed by atoms with Gasteiger partial charge in [-0.2, -0.15) is 10.2 Å². The second-order valence-corrected chi connectivity index (χ2v) is 6.36. The molecule has 2 aromatic heterocycles. The lowest BCUT2D eigenvalue weighted by Crippen LogP contribution is -2.42. The van der Waals surface area contributed by atoms with E-state index in [1.165, 1.54) is 0 Å². The van der Waals surface area contributed by atoms with Crippen LogP contribution < -0.4 is 5.32 Å². The van der Waals surface area contributed by atoms with E-state index in [-0.39, 0.29) is 24.0 Å². The Balaban J connectivity index is 1.76. The Labute approximate surface area is 136 Å². The lowest BCUT2D eigenvalue weighted by Gasteiger charge is -2.28. The van der Waals surface area contributed by atoms with Crippen LogP contribution in [0.2, 0.25) is 0 Å². The van der Waals surface area contributed by atoms with Gasteiger partial charge in [0.15, 0.2) is 0 Å². The second kappa shape index (κ2) is 6.16. The number of likely N-dealkylation sites (tertiary alicyclic amines) is 1. The summed E-state index contributed by atoms with van der Waals surface area (Å²) in [6, 6.07) is 2.25. The number of hydrogen-bond acceptors (Lipinski definition) is 4. The molecule has 3 rings (SSSR count). The topological polar surface area (TPSA) is 68.0 Å². The third-order valence-electron chi connectivity index (χ3n) is 4.70. The number of aromatic nitrogens is 4. The molecule has 0 spiro atoms. The third-order valence-corrected chi connectivity index (χ3v) is 4.70. The van der Waals surface area contributed by atoms with E-state index in [0.717, 1.165) is 17.8 Å². The number of rotatable bonds is 5. The van der Waals surface area contributed by atoms with E-state index in [9.17, 15) is 4.79 Å². The molecule has 0 saturated carbocycles. The van der Waals surface area contributed by atoms with Gasteiger partial charge in [-0.1, -0.05) is 0 Å². The monoisotopic (exact) mass is 316 g/mol. The zero-order valence-electron chi connectivity index (χ0n) is 14.1. The minimum atomic E-state index is 0.0243. The van der Waals surface area contributed by atoms with E-state index in [1.807, 2.05) is 53.7 Å². The van der Waals surface area contributed by atoms with Gasteiger partial charge >= 0.3 is 0 Å². The van der Waals surface area contributed by atoms with Gasteiger partial charge in [0, 0.05) is 56.3 Å². The standard InChI is InChI=1S/C16H24N6O/c1-11(10-22-7-5-6-17-22)19-14-8-15(23)20(3)16(14)13-9-18-21(4)12(13)2/h5-7,9,11,14,16,19H,8,10H2,1-4H3/t11-,14-,16+/m1/s1. The van der Waals surface area contributed by atoms with Crippen molar-refractivity contribution in [2.24, 2.45) is 7.05 Å². The minimum absolute atomic E-state index is 0.0243. The number of carbonyl (C=O) groups excluding carboxylic acids is 1. The van der Waals surface area contributed by atoms with Crippen LogP contribution in [0.25, 0.3) is 0 Å². The first-order valence-electron chi connectivity index (χ1n) is 7.95. The van der Waals surface area contributed by atoms with Crippen LogP contribution in [0.15, 0.2) is 24.7 Å². The molecule has 23 heavy (non-hydrogen) atoms. The van der Waals surface area contributed by atoms with Crippen LogP contribution in [-0.2, 0) is 18.4 Å². The molecule has 0 aromatic carbocycles. The van der Waals surface area contributed by atoms with E-state index >= 15 is 0 Å². The Kier molecular flexibility index (Phi) is 4.21. The van der Waals surface area contributed by atoms with E-state index in [2.05, 4.69) is 22.4 Å². The normalized spacial score (nSPS) is 22.8. The number of aryl methyl sites for hydroxylation is 1. The Morgan fingerprint density at radius 2 is 2.17 bits per heavy atom. The molecule has 2 aromatic rings.